The lowest BCUT2D eigenvalue weighted by Gasteiger charge is -2.34. The van der Waals surface area contributed by atoms with Crippen LogP contribution in [0.3, 0.4) is 0 Å². The standard InChI is InChI=1S/C26H31N7O4/c1-31(2)23(34)17-37-22-9-10-27-16-21(22)30-20-8-11-28-25(35)24(20)26(36)29-18-4-6-19(7-5-18)33-14-12-32(3)13-15-33/h4-11,16H,12-15,17H2,1-3H3,(H,29,36)(H2,28,30,35). The van der Waals surface area contributed by atoms with Gasteiger partial charge in [-0.25, -0.2) is 0 Å². The van der Waals surface area contributed by atoms with Gasteiger partial charge in [-0.1, -0.05) is 0 Å². The van der Waals surface area contributed by atoms with E-state index in [9.17, 15) is 14.4 Å². The Kier molecular flexibility index (Phi) is 8.04. The van der Waals surface area contributed by atoms with Crippen LogP contribution in [-0.2, 0) is 4.79 Å². The SMILES string of the molecule is CN1CCN(c2ccc(NC(=O)c3c(Nc4cnccc4OCC(=O)N(C)C)cc[nH]c3=O)cc2)CC1. The van der Waals surface area contributed by atoms with Crippen molar-refractivity contribution in [1.82, 2.24) is 19.8 Å². The van der Waals surface area contributed by atoms with Crippen molar-refractivity contribution in [3.8, 4) is 5.75 Å². The van der Waals surface area contributed by atoms with Gasteiger partial charge < -0.3 is 35.1 Å². The van der Waals surface area contributed by atoms with Crippen molar-refractivity contribution in [2.75, 3.05) is 69.5 Å². The number of nitrogens with one attached hydrogen (secondary N) is 3. The van der Waals surface area contributed by atoms with E-state index >= 15 is 0 Å². The van der Waals surface area contributed by atoms with Crippen molar-refractivity contribution < 1.29 is 14.3 Å². The highest BCUT2D eigenvalue weighted by atomic mass is 16.5. The average Bonchev–Trinajstić information content (AvgIpc) is 2.89. The number of pyridine rings is 2. The van der Waals surface area contributed by atoms with Gasteiger partial charge in [0.25, 0.3) is 17.4 Å². The van der Waals surface area contributed by atoms with Crippen molar-refractivity contribution in [3.05, 3.63) is 70.9 Å². The molecule has 0 aliphatic carbocycles. The monoisotopic (exact) mass is 505 g/mol. The van der Waals surface area contributed by atoms with E-state index < -0.39 is 11.5 Å². The van der Waals surface area contributed by atoms with Gasteiger partial charge >= 0.3 is 0 Å². The first-order valence-corrected chi connectivity index (χ1v) is 11.9. The lowest BCUT2D eigenvalue weighted by molar-refractivity contribution is -0.130. The van der Waals surface area contributed by atoms with Crippen LogP contribution in [0.5, 0.6) is 5.75 Å². The molecule has 0 radical (unpaired) electrons. The summed E-state index contributed by atoms with van der Waals surface area (Å²) in [5.41, 5.74) is 1.69. The first-order valence-electron chi connectivity index (χ1n) is 11.9. The molecule has 1 aromatic carbocycles. The maximum atomic E-state index is 13.2. The first-order chi connectivity index (χ1) is 17.8. The third kappa shape index (κ3) is 6.44. The summed E-state index contributed by atoms with van der Waals surface area (Å²) in [7, 11) is 5.38. The van der Waals surface area contributed by atoms with Crippen LogP contribution < -0.4 is 25.8 Å². The Hall–Kier alpha value is -4.38. The number of likely N-dealkylation sites (N-methyl/N-ethyl adjacent to an activating group) is 2. The zero-order chi connectivity index (χ0) is 26.4. The molecule has 194 valence electrons. The summed E-state index contributed by atoms with van der Waals surface area (Å²) >= 11 is 0. The van der Waals surface area contributed by atoms with Crippen LogP contribution in [0.1, 0.15) is 10.4 Å². The lowest BCUT2D eigenvalue weighted by Crippen LogP contribution is -2.44. The number of nitrogens with zero attached hydrogens (tertiary/aromatic N) is 4. The molecule has 1 fully saturated rings. The predicted octanol–water partition coefficient (Wildman–Crippen LogP) is 1.98. The lowest BCUT2D eigenvalue weighted by atomic mass is 10.2. The summed E-state index contributed by atoms with van der Waals surface area (Å²) in [6.45, 7) is 3.72. The Balaban J connectivity index is 1.49. The Morgan fingerprint density at radius 3 is 2.49 bits per heavy atom. The molecule has 4 rings (SSSR count). The Labute approximate surface area is 215 Å². The number of hydrogen-bond acceptors (Lipinski definition) is 8. The molecule has 1 saturated heterocycles. The number of hydrogen-bond donors (Lipinski definition) is 3. The summed E-state index contributed by atoms with van der Waals surface area (Å²) in [5.74, 6) is -0.417. The second kappa shape index (κ2) is 11.6. The molecule has 0 saturated carbocycles. The number of piperazine rings is 1. The highest BCUT2D eigenvalue weighted by molar-refractivity contribution is 6.08. The van der Waals surface area contributed by atoms with Gasteiger partial charge in [0.2, 0.25) is 0 Å². The van der Waals surface area contributed by atoms with E-state index in [1.54, 1.807) is 26.2 Å². The summed E-state index contributed by atoms with van der Waals surface area (Å²) < 4.78 is 5.64. The average molecular weight is 506 g/mol. The van der Waals surface area contributed by atoms with Crippen LogP contribution in [0.15, 0.2) is 59.8 Å². The number of aromatic amines is 1. The molecule has 3 heterocycles. The Morgan fingerprint density at radius 2 is 1.78 bits per heavy atom. The number of aromatic nitrogens is 2. The summed E-state index contributed by atoms with van der Waals surface area (Å²) in [4.78, 5) is 50.4. The number of benzene rings is 1. The van der Waals surface area contributed by atoms with Gasteiger partial charge in [-0.2, -0.15) is 0 Å². The smallest absolute Gasteiger partial charge is 0.263 e. The maximum absolute atomic E-state index is 13.2. The number of carbonyl (C=O) groups is 2. The van der Waals surface area contributed by atoms with Gasteiger partial charge in [-0.3, -0.25) is 19.4 Å². The fourth-order valence-corrected chi connectivity index (χ4v) is 3.84. The summed E-state index contributed by atoms with van der Waals surface area (Å²) in [6.07, 6.45) is 4.46. The van der Waals surface area contributed by atoms with Gasteiger partial charge in [0.1, 0.15) is 11.3 Å². The largest absolute Gasteiger partial charge is 0.481 e. The Bertz CT molecular complexity index is 1300. The molecule has 0 unspecified atom stereocenters. The highest BCUT2D eigenvalue weighted by Gasteiger charge is 2.19. The minimum atomic E-state index is -0.564. The van der Waals surface area contributed by atoms with Crippen LogP contribution in [0.2, 0.25) is 0 Å². The van der Waals surface area contributed by atoms with Crippen LogP contribution in [0.25, 0.3) is 0 Å². The molecule has 37 heavy (non-hydrogen) atoms. The number of H-pyrrole nitrogens is 1. The Morgan fingerprint density at radius 1 is 1.05 bits per heavy atom. The van der Waals surface area contributed by atoms with Gasteiger partial charge in [0.15, 0.2) is 6.61 Å². The minimum Gasteiger partial charge on any atom is -0.481 e. The summed E-state index contributed by atoms with van der Waals surface area (Å²) in [6, 6.07) is 10.7. The van der Waals surface area contributed by atoms with Gasteiger partial charge in [-0.05, 0) is 37.4 Å². The van der Waals surface area contributed by atoms with Crippen molar-refractivity contribution in [2.24, 2.45) is 0 Å². The second-order valence-electron chi connectivity index (χ2n) is 8.96. The van der Waals surface area contributed by atoms with E-state index in [-0.39, 0.29) is 23.8 Å². The van der Waals surface area contributed by atoms with Crippen LogP contribution in [-0.4, -0.2) is 85.5 Å². The van der Waals surface area contributed by atoms with Crippen LogP contribution >= 0.6 is 0 Å². The molecular formula is C26H31N7O4. The quantitative estimate of drug-likeness (QED) is 0.425. The predicted molar refractivity (Wildman–Crippen MR) is 143 cm³/mol. The van der Waals surface area contributed by atoms with Crippen molar-refractivity contribution >= 4 is 34.6 Å². The van der Waals surface area contributed by atoms with Crippen molar-refractivity contribution in [2.45, 2.75) is 0 Å². The molecule has 11 nitrogen and oxygen atoms in total. The van der Waals surface area contributed by atoms with Crippen molar-refractivity contribution in [1.29, 1.82) is 0 Å². The molecule has 11 heteroatoms. The molecule has 0 bridgehead atoms. The molecule has 3 aromatic rings. The van der Waals surface area contributed by atoms with Crippen LogP contribution in [0.4, 0.5) is 22.7 Å². The zero-order valence-electron chi connectivity index (χ0n) is 21.2. The fourth-order valence-electron chi connectivity index (χ4n) is 3.84. The number of rotatable bonds is 8. The first kappa shape index (κ1) is 25.7. The number of ether oxygens (including phenoxy) is 1. The second-order valence-corrected chi connectivity index (χ2v) is 8.96. The van der Waals surface area contributed by atoms with Crippen LogP contribution in [0, 0.1) is 0 Å². The van der Waals surface area contributed by atoms with E-state index in [4.69, 9.17) is 4.74 Å². The number of anilines is 4. The van der Waals surface area contributed by atoms with E-state index in [1.807, 2.05) is 24.3 Å². The molecule has 2 amide bonds. The molecule has 1 aliphatic heterocycles. The molecule has 2 aromatic heterocycles. The molecular weight excluding hydrogens is 474 g/mol. The van der Waals surface area contributed by atoms with Crippen molar-refractivity contribution in [3.63, 3.8) is 0 Å². The van der Waals surface area contributed by atoms with Gasteiger partial charge in [0.05, 0.1) is 17.6 Å². The van der Waals surface area contributed by atoms with Gasteiger partial charge in [-0.15, -0.1) is 0 Å². The number of carbonyl (C=O) groups excluding carboxylic acids is 2. The minimum absolute atomic E-state index is 0.0928. The third-order valence-electron chi connectivity index (χ3n) is 6.08. The highest BCUT2D eigenvalue weighted by Crippen LogP contribution is 2.28. The maximum Gasteiger partial charge on any atom is 0.263 e. The third-order valence-corrected chi connectivity index (χ3v) is 6.08. The fraction of sp³-hybridized carbons (Fsp3) is 0.308. The topological polar surface area (TPSA) is 123 Å². The normalized spacial score (nSPS) is 13.6. The van der Waals surface area contributed by atoms with E-state index in [0.29, 0.717) is 17.1 Å². The molecule has 1 aliphatic rings. The van der Waals surface area contributed by atoms with E-state index in [2.05, 4.69) is 37.4 Å². The van der Waals surface area contributed by atoms with E-state index in [0.717, 1.165) is 31.9 Å². The number of amides is 2. The van der Waals surface area contributed by atoms with E-state index in [1.165, 1.54) is 23.5 Å². The zero-order valence-corrected chi connectivity index (χ0v) is 21.2. The van der Waals surface area contributed by atoms with Gasteiger partial charge in [0, 0.05) is 70.1 Å². The molecule has 0 atom stereocenters. The molecule has 3 N–H and O–H groups in total. The summed E-state index contributed by atoms with van der Waals surface area (Å²) in [5, 5.41) is 5.86. The molecule has 0 spiro atoms.